The molecule has 2 heterocycles. The number of ether oxygens (including phenoxy) is 1. The highest BCUT2D eigenvalue weighted by Crippen LogP contribution is 2.28. The van der Waals surface area contributed by atoms with E-state index in [1.807, 2.05) is 6.92 Å². The van der Waals surface area contributed by atoms with Gasteiger partial charge in [0.15, 0.2) is 0 Å². The zero-order chi connectivity index (χ0) is 10.7. The minimum absolute atomic E-state index is 0.241. The minimum Gasteiger partial charge on any atom is -0.458 e. The Bertz CT molecular complexity index is 307. The molecule has 0 bridgehead atoms. The van der Waals surface area contributed by atoms with Crippen LogP contribution >= 0.6 is 0 Å². The summed E-state index contributed by atoms with van der Waals surface area (Å²) < 4.78 is 5.15. The molecule has 0 unspecified atom stereocenters. The molecular weight excluding hydrogens is 190 g/mol. The highest BCUT2D eigenvalue weighted by atomic mass is 16.5. The lowest BCUT2D eigenvalue weighted by Crippen LogP contribution is -2.26. The molecule has 1 saturated heterocycles. The molecular formula is C12H17NO2. The highest BCUT2D eigenvalue weighted by molar-refractivity contribution is 5.81. The molecule has 1 atom stereocenters. The maximum absolute atomic E-state index is 11.1. The number of carbonyl (C=O) groups is 1. The monoisotopic (exact) mass is 207 g/mol. The summed E-state index contributed by atoms with van der Waals surface area (Å²) in [7, 11) is 0. The lowest BCUT2D eigenvalue weighted by atomic mass is 10.1. The van der Waals surface area contributed by atoms with Crippen LogP contribution in [0.25, 0.3) is 0 Å². The summed E-state index contributed by atoms with van der Waals surface area (Å²) in [6.45, 7) is 4.49. The Morgan fingerprint density at radius 1 is 1.73 bits per heavy atom. The van der Waals surface area contributed by atoms with Crippen molar-refractivity contribution in [1.82, 2.24) is 4.90 Å². The van der Waals surface area contributed by atoms with E-state index in [0.29, 0.717) is 12.6 Å². The predicted molar refractivity (Wildman–Crippen MR) is 58.5 cm³/mol. The maximum atomic E-state index is 11.1. The first-order valence-corrected chi connectivity index (χ1v) is 5.53. The first kappa shape index (κ1) is 10.4. The van der Waals surface area contributed by atoms with E-state index < -0.39 is 0 Å². The van der Waals surface area contributed by atoms with Crippen LogP contribution in [0.15, 0.2) is 23.8 Å². The van der Waals surface area contributed by atoms with Gasteiger partial charge in [0, 0.05) is 18.7 Å². The van der Waals surface area contributed by atoms with Crippen LogP contribution in [0.3, 0.4) is 0 Å². The fourth-order valence-corrected chi connectivity index (χ4v) is 2.33. The average Bonchev–Trinajstić information content (AvgIpc) is 2.77. The normalized spacial score (nSPS) is 25.7. The van der Waals surface area contributed by atoms with Crippen LogP contribution in [0.1, 0.15) is 19.8 Å². The molecule has 0 spiro atoms. The highest BCUT2D eigenvalue weighted by Gasteiger charge is 2.31. The second-order valence-electron chi connectivity index (χ2n) is 4.04. The molecule has 2 aliphatic rings. The van der Waals surface area contributed by atoms with Gasteiger partial charge in [0.2, 0.25) is 0 Å². The predicted octanol–water partition coefficient (Wildman–Crippen LogP) is 1.51. The Kier molecular flexibility index (Phi) is 3.21. The number of nitrogens with zero attached hydrogens (tertiary/aromatic N) is 1. The topological polar surface area (TPSA) is 29.5 Å². The fraction of sp³-hybridized carbons (Fsp3) is 0.583. The van der Waals surface area contributed by atoms with Crippen molar-refractivity contribution in [3.05, 3.63) is 23.8 Å². The maximum Gasteiger partial charge on any atom is 0.330 e. The fourth-order valence-electron chi connectivity index (χ4n) is 2.33. The van der Waals surface area contributed by atoms with Gasteiger partial charge in [-0.05, 0) is 31.9 Å². The molecule has 0 aromatic carbocycles. The van der Waals surface area contributed by atoms with Crippen LogP contribution in [0, 0.1) is 0 Å². The molecule has 3 nitrogen and oxygen atoms in total. The van der Waals surface area contributed by atoms with E-state index in [-0.39, 0.29) is 5.97 Å². The molecule has 0 radical (unpaired) electrons. The molecule has 2 rings (SSSR count). The smallest absolute Gasteiger partial charge is 0.330 e. The Balaban J connectivity index is 1.83. The van der Waals surface area contributed by atoms with Crippen LogP contribution in [0.5, 0.6) is 0 Å². The van der Waals surface area contributed by atoms with Crippen molar-refractivity contribution in [1.29, 1.82) is 0 Å². The van der Waals surface area contributed by atoms with Gasteiger partial charge in [0.25, 0.3) is 0 Å². The molecule has 2 aliphatic heterocycles. The van der Waals surface area contributed by atoms with Gasteiger partial charge >= 0.3 is 5.97 Å². The third-order valence-corrected chi connectivity index (χ3v) is 3.06. The first-order valence-electron chi connectivity index (χ1n) is 5.53. The van der Waals surface area contributed by atoms with Crippen molar-refractivity contribution in [2.45, 2.75) is 25.8 Å². The van der Waals surface area contributed by atoms with Gasteiger partial charge in [-0.2, -0.15) is 0 Å². The lowest BCUT2D eigenvalue weighted by Gasteiger charge is -2.17. The van der Waals surface area contributed by atoms with E-state index in [2.05, 4.69) is 11.0 Å². The van der Waals surface area contributed by atoms with Gasteiger partial charge in [-0.1, -0.05) is 12.2 Å². The van der Waals surface area contributed by atoms with E-state index in [1.165, 1.54) is 31.0 Å². The van der Waals surface area contributed by atoms with Crippen molar-refractivity contribution in [2.24, 2.45) is 0 Å². The van der Waals surface area contributed by atoms with E-state index in [0.717, 1.165) is 6.54 Å². The Labute approximate surface area is 90.4 Å². The number of hydrogen-bond donors (Lipinski definition) is 0. The molecule has 0 aliphatic carbocycles. The van der Waals surface area contributed by atoms with Gasteiger partial charge < -0.3 is 4.74 Å². The van der Waals surface area contributed by atoms with Crippen molar-refractivity contribution >= 4 is 5.97 Å². The molecule has 15 heavy (non-hydrogen) atoms. The molecule has 3 heteroatoms. The van der Waals surface area contributed by atoms with Crippen molar-refractivity contribution in [3.8, 4) is 0 Å². The largest absolute Gasteiger partial charge is 0.458 e. The van der Waals surface area contributed by atoms with Crippen LogP contribution in [-0.4, -0.2) is 36.6 Å². The summed E-state index contributed by atoms with van der Waals surface area (Å²) in [4.78, 5) is 13.6. The van der Waals surface area contributed by atoms with E-state index in [9.17, 15) is 4.79 Å². The molecule has 0 aromatic heterocycles. The second-order valence-corrected chi connectivity index (χ2v) is 4.04. The molecule has 0 N–H and O–H groups in total. The molecule has 0 saturated carbocycles. The van der Waals surface area contributed by atoms with E-state index >= 15 is 0 Å². The summed E-state index contributed by atoms with van der Waals surface area (Å²) in [5.74, 6) is -0.241. The number of rotatable bonds is 3. The number of carbonyl (C=O) groups excluding carboxylic acids is 1. The summed E-state index contributed by atoms with van der Waals surface area (Å²) >= 11 is 0. The standard InChI is InChI=1S/C12H17NO2/c1-2-4-12(14)15-9-10-6-8-13-7-3-5-11(10)13/h2,4,6,11H,3,5,7-9H2,1H3/b4-2+/t11-/m0/s1. The first-order chi connectivity index (χ1) is 7.31. The summed E-state index contributed by atoms with van der Waals surface area (Å²) in [6, 6.07) is 0.545. The summed E-state index contributed by atoms with van der Waals surface area (Å²) in [6.07, 6.45) is 7.85. The zero-order valence-corrected chi connectivity index (χ0v) is 9.11. The van der Waals surface area contributed by atoms with Gasteiger partial charge in [-0.25, -0.2) is 4.79 Å². The second kappa shape index (κ2) is 4.62. The number of fused-ring (bicyclic) bond motifs is 1. The van der Waals surface area contributed by atoms with Gasteiger partial charge in [0.05, 0.1) is 0 Å². The quantitative estimate of drug-likeness (QED) is 0.399. The molecule has 1 fully saturated rings. The van der Waals surface area contributed by atoms with Crippen LogP contribution in [0.4, 0.5) is 0 Å². The van der Waals surface area contributed by atoms with Gasteiger partial charge in [-0.15, -0.1) is 0 Å². The third-order valence-electron chi connectivity index (χ3n) is 3.06. The zero-order valence-electron chi connectivity index (χ0n) is 9.11. The lowest BCUT2D eigenvalue weighted by molar-refractivity contribution is -0.136. The van der Waals surface area contributed by atoms with Crippen LogP contribution < -0.4 is 0 Å². The number of esters is 1. The summed E-state index contributed by atoms with van der Waals surface area (Å²) in [5, 5.41) is 0. The van der Waals surface area contributed by atoms with Crippen molar-refractivity contribution in [2.75, 3.05) is 19.7 Å². The number of hydrogen-bond acceptors (Lipinski definition) is 3. The van der Waals surface area contributed by atoms with E-state index in [1.54, 1.807) is 6.08 Å². The average molecular weight is 207 g/mol. The van der Waals surface area contributed by atoms with Crippen LogP contribution in [-0.2, 0) is 9.53 Å². The molecule has 0 aromatic rings. The Morgan fingerprint density at radius 3 is 3.40 bits per heavy atom. The Hall–Kier alpha value is -1.09. The summed E-state index contributed by atoms with van der Waals surface area (Å²) in [5.41, 5.74) is 1.28. The number of allylic oxidation sites excluding steroid dienone is 1. The SMILES string of the molecule is C/C=C/C(=O)OCC1=CCN2CCC[C@@H]12. The van der Waals surface area contributed by atoms with Crippen molar-refractivity contribution < 1.29 is 9.53 Å². The van der Waals surface area contributed by atoms with Crippen molar-refractivity contribution in [3.63, 3.8) is 0 Å². The van der Waals surface area contributed by atoms with Gasteiger partial charge in [-0.3, -0.25) is 4.90 Å². The van der Waals surface area contributed by atoms with Crippen LogP contribution in [0.2, 0.25) is 0 Å². The molecule has 82 valence electrons. The van der Waals surface area contributed by atoms with E-state index in [4.69, 9.17) is 4.74 Å². The third kappa shape index (κ3) is 2.29. The van der Waals surface area contributed by atoms with Gasteiger partial charge in [0.1, 0.15) is 6.61 Å². The Morgan fingerprint density at radius 2 is 2.60 bits per heavy atom. The molecule has 0 amide bonds. The minimum atomic E-state index is -0.241.